The van der Waals surface area contributed by atoms with Gasteiger partial charge in [-0.15, -0.1) is 0 Å². The van der Waals surface area contributed by atoms with E-state index in [0.717, 1.165) is 0 Å². The van der Waals surface area contributed by atoms with Gasteiger partial charge in [0.15, 0.2) is 0 Å². The number of anilines is 1. The van der Waals surface area contributed by atoms with Crippen LogP contribution in [0, 0.1) is 6.92 Å². The third kappa shape index (κ3) is 2.76. The van der Waals surface area contributed by atoms with Gasteiger partial charge < -0.3 is 10.2 Å². The minimum atomic E-state index is 0.632. The van der Waals surface area contributed by atoms with Crippen LogP contribution in [0.4, 0.5) is 5.69 Å². The van der Waals surface area contributed by atoms with Crippen LogP contribution in [-0.4, -0.2) is 30.6 Å². The highest BCUT2D eigenvalue weighted by Gasteiger charge is 2.22. The third-order valence-electron chi connectivity index (χ3n) is 3.60. The molecule has 0 radical (unpaired) electrons. The van der Waals surface area contributed by atoms with Crippen LogP contribution in [0.1, 0.15) is 25.3 Å². The van der Waals surface area contributed by atoms with Crippen LogP contribution in [0.3, 0.4) is 0 Å². The fourth-order valence-corrected chi connectivity index (χ4v) is 2.39. The fraction of sp³-hybridized carbons (Fsp3) is 0.571. The van der Waals surface area contributed by atoms with Gasteiger partial charge in [0.2, 0.25) is 0 Å². The summed E-state index contributed by atoms with van der Waals surface area (Å²) in [6, 6.07) is 9.97. The molecule has 1 heterocycles. The molecule has 1 N–H and O–H groups in total. The third-order valence-corrected chi connectivity index (χ3v) is 3.60. The molecule has 1 fully saturated rings. The molecule has 1 aliphatic heterocycles. The number of aryl methyl sites for hydroxylation is 1. The lowest BCUT2D eigenvalue weighted by molar-refractivity contribution is 0.190. The molecule has 0 aromatic heterocycles. The normalized spacial score (nSPS) is 26.7. The Morgan fingerprint density at radius 3 is 2.88 bits per heavy atom. The predicted molar refractivity (Wildman–Crippen MR) is 69.9 cm³/mol. The van der Waals surface area contributed by atoms with Crippen molar-refractivity contribution in [2.24, 2.45) is 0 Å². The second-order valence-electron chi connectivity index (χ2n) is 5.06. The van der Waals surface area contributed by atoms with Crippen molar-refractivity contribution in [1.29, 1.82) is 0 Å². The lowest BCUT2D eigenvalue weighted by Gasteiger charge is -2.35. The maximum absolute atomic E-state index is 3.65. The summed E-state index contributed by atoms with van der Waals surface area (Å²) in [6.07, 6.45) is 2.49. The van der Waals surface area contributed by atoms with E-state index in [-0.39, 0.29) is 0 Å². The number of likely N-dealkylation sites (tertiary alicyclic amines) is 1. The molecule has 2 rings (SSSR count). The lowest BCUT2D eigenvalue weighted by atomic mass is 9.98. The van der Waals surface area contributed by atoms with Gasteiger partial charge in [-0.25, -0.2) is 0 Å². The Bertz CT molecular complexity index is 348. The molecule has 2 heteroatoms. The van der Waals surface area contributed by atoms with Gasteiger partial charge in [0.25, 0.3) is 0 Å². The molecule has 2 nitrogen and oxygen atoms in total. The molecule has 0 spiro atoms. The number of nitrogens with one attached hydrogen (secondary N) is 1. The summed E-state index contributed by atoms with van der Waals surface area (Å²) in [6.45, 7) is 5.65. The molecule has 1 saturated heterocycles. The van der Waals surface area contributed by atoms with Crippen LogP contribution in [-0.2, 0) is 0 Å². The average Bonchev–Trinajstić information content (AvgIpc) is 2.24. The van der Waals surface area contributed by atoms with Gasteiger partial charge in [-0.1, -0.05) is 12.1 Å². The Kier molecular flexibility index (Phi) is 3.49. The second kappa shape index (κ2) is 4.88. The molecule has 1 aliphatic rings. The maximum Gasteiger partial charge on any atom is 0.0344 e. The van der Waals surface area contributed by atoms with Gasteiger partial charge in [0.05, 0.1) is 0 Å². The summed E-state index contributed by atoms with van der Waals surface area (Å²) in [5.74, 6) is 0. The molecule has 0 aliphatic carbocycles. The summed E-state index contributed by atoms with van der Waals surface area (Å²) < 4.78 is 0. The molecular weight excluding hydrogens is 196 g/mol. The van der Waals surface area contributed by atoms with E-state index in [0.29, 0.717) is 12.1 Å². The highest BCUT2D eigenvalue weighted by atomic mass is 15.1. The molecule has 0 bridgehead atoms. The topological polar surface area (TPSA) is 15.3 Å². The first-order chi connectivity index (χ1) is 7.65. The zero-order chi connectivity index (χ0) is 11.5. The molecule has 1 aromatic rings. The SMILES string of the molecule is Cc1cccc(NC2CCN(C)C(C)C2)c1. The summed E-state index contributed by atoms with van der Waals surface area (Å²) in [5, 5.41) is 3.65. The average molecular weight is 218 g/mol. The molecule has 16 heavy (non-hydrogen) atoms. The van der Waals surface area contributed by atoms with Crippen LogP contribution >= 0.6 is 0 Å². The van der Waals surface area contributed by atoms with Gasteiger partial charge in [-0.2, -0.15) is 0 Å². The first kappa shape index (κ1) is 11.5. The van der Waals surface area contributed by atoms with Crippen LogP contribution in [0.2, 0.25) is 0 Å². The Morgan fingerprint density at radius 1 is 1.38 bits per heavy atom. The van der Waals surface area contributed by atoms with E-state index in [4.69, 9.17) is 0 Å². The predicted octanol–water partition coefficient (Wildman–Crippen LogP) is 2.89. The molecule has 88 valence electrons. The fourth-order valence-electron chi connectivity index (χ4n) is 2.39. The summed E-state index contributed by atoms with van der Waals surface area (Å²) >= 11 is 0. The Balaban J connectivity index is 1.95. The number of hydrogen-bond donors (Lipinski definition) is 1. The number of nitrogens with zero attached hydrogens (tertiary/aromatic N) is 1. The molecule has 2 atom stereocenters. The Morgan fingerprint density at radius 2 is 2.19 bits per heavy atom. The van der Waals surface area contributed by atoms with Crippen LogP contribution in [0.5, 0.6) is 0 Å². The Hall–Kier alpha value is -1.02. The van der Waals surface area contributed by atoms with Gasteiger partial charge in [-0.05, 0) is 51.4 Å². The van der Waals surface area contributed by atoms with Gasteiger partial charge in [0.1, 0.15) is 0 Å². The summed E-state index contributed by atoms with van der Waals surface area (Å²) in [4.78, 5) is 2.44. The van der Waals surface area contributed by atoms with E-state index in [1.54, 1.807) is 0 Å². The van der Waals surface area contributed by atoms with Crippen molar-refractivity contribution < 1.29 is 0 Å². The maximum atomic E-state index is 3.65. The molecular formula is C14H22N2. The molecule has 2 unspecified atom stereocenters. The van der Waals surface area contributed by atoms with Crippen molar-refractivity contribution in [2.45, 2.75) is 38.8 Å². The monoisotopic (exact) mass is 218 g/mol. The van der Waals surface area contributed by atoms with Crippen molar-refractivity contribution in [3.63, 3.8) is 0 Å². The first-order valence-corrected chi connectivity index (χ1v) is 6.18. The number of hydrogen-bond acceptors (Lipinski definition) is 2. The van der Waals surface area contributed by atoms with E-state index in [9.17, 15) is 0 Å². The number of piperidine rings is 1. The van der Waals surface area contributed by atoms with E-state index >= 15 is 0 Å². The van der Waals surface area contributed by atoms with Crippen LogP contribution in [0.15, 0.2) is 24.3 Å². The number of benzene rings is 1. The molecule has 1 aromatic carbocycles. The minimum Gasteiger partial charge on any atom is -0.382 e. The summed E-state index contributed by atoms with van der Waals surface area (Å²) in [7, 11) is 2.22. The van der Waals surface area contributed by atoms with Gasteiger partial charge in [0, 0.05) is 24.3 Å². The van der Waals surface area contributed by atoms with Crippen LogP contribution in [0.25, 0.3) is 0 Å². The van der Waals surface area contributed by atoms with E-state index in [1.807, 2.05) is 0 Å². The molecule has 0 saturated carbocycles. The van der Waals surface area contributed by atoms with E-state index in [1.165, 1.54) is 30.6 Å². The van der Waals surface area contributed by atoms with Gasteiger partial charge in [-0.3, -0.25) is 0 Å². The second-order valence-corrected chi connectivity index (χ2v) is 5.06. The van der Waals surface area contributed by atoms with Crippen LogP contribution < -0.4 is 5.32 Å². The molecule has 0 amide bonds. The zero-order valence-electron chi connectivity index (χ0n) is 10.5. The highest BCUT2D eigenvalue weighted by molar-refractivity contribution is 5.46. The quantitative estimate of drug-likeness (QED) is 0.821. The first-order valence-electron chi connectivity index (χ1n) is 6.18. The zero-order valence-corrected chi connectivity index (χ0v) is 10.5. The highest BCUT2D eigenvalue weighted by Crippen LogP contribution is 2.20. The summed E-state index contributed by atoms with van der Waals surface area (Å²) in [5.41, 5.74) is 2.59. The Labute approximate surface area is 98.7 Å². The van der Waals surface area contributed by atoms with Crippen molar-refractivity contribution in [1.82, 2.24) is 4.90 Å². The van der Waals surface area contributed by atoms with E-state index in [2.05, 4.69) is 55.4 Å². The lowest BCUT2D eigenvalue weighted by Crippen LogP contribution is -2.42. The minimum absolute atomic E-state index is 0.632. The van der Waals surface area contributed by atoms with E-state index < -0.39 is 0 Å². The number of rotatable bonds is 2. The largest absolute Gasteiger partial charge is 0.382 e. The van der Waals surface area contributed by atoms with Crippen molar-refractivity contribution in [2.75, 3.05) is 18.9 Å². The van der Waals surface area contributed by atoms with Gasteiger partial charge >= 0.3 is 0 Å². The van der Waals surface area contributed by atoms with Crippen molar-refractivity contribution >= 4 is 5.69 Å². The smallest absolute Gasteiger partial charge is 0.0344 e. The standard InChI is InChI=1S/C14H22N2/c1-11-5-4-6-13(9-11)15-14-7-8-16(3)12(2)10-14/h4-6,9,12,14-15H,7-8,10H2,1-3H3. The van der Waals surface area contributed by atoms with Crippen molar-refractivity contribution in [3.05, 3.63) is 29.8 Å². The van der Waals surface area contributed by atoms with Crippen molar-refractivity contribution in [3.8, 4) is 0 Å².